The summed E-state index contributed by atoms with van der Waals surface area (Å²) in [5.41, 5.74) is -0.213. The number of sulfonamides is 1. The van der Waals surface area contributed by atoms with Crippen LogP contribution in [0.2, 0.25) is 0 Å². The summed E-state index contributed by atoms with van der Waals surface area (Å²) < 4.78 is 27.8. The van der Waals surface area contributed by atoms with Crippen LogP contribution >= 0.6 is 0 Å². The zero-order valence-electron chi connectivity index (χ0n) is 12.3. The molecule has 0 atom stereocenters. The number of ether oxygens (including phenoxy) is 1. The van der Waals surface area contributed by atoms with Crippen molar-refractivity contribution in [3.8, 4) is 11.8 Å². The molecule has 0 heterocycles. The SMILES string of the molecule is CC(C)(C)C(=O)OCCC#Cc1ccccc1S(N)(=O)=O. The summed E-state index contributed by atoms with van der Waals surface area (Å²) in [7, 11) is -3.80. The van der Waals surface area contributed by atoms with Crippen LogP contribution < -0.4 is 5.14 Å². The summed E-state index contributed by atoms with van der Waals surface area (Å²) >= 11 is 0. The van der Waals surface area contributed by atoms with Gasteiger partial charge in [-0.25, -0.2) is 13.6 Å². The lowest BCUT2D eigenvalue weighted by Crippen LogP contribution is -2.23. The van der Waals surface area contributed by atoms with Gasteiger partial charge < -0.3 is 4.74 Å². The molecule has 0 radical (unpaired) electrons. The highest BCUT2D eigenvalue weighted by atomic mass is 32.2. The lowest BCUT2D eigenvalue weighted by molar-refractivity contribution is -0.152. The zero-order valence-corrected chi connectivity index (χ0v) is 13.2. The van der Waals surface area contributed by atoms with Crippen LogP contribution in [0.1, 0.15) is 32.8 Å². The Morgan fingerprint density at radius 2 is 1.90 bits per heavy atom. The van der Waals surface area contributed by atoms with Gasteiger partial charge in [0.2, 0.25) is 10.0 Å². The number of hydrogen-bond acceptors (Lipinski definition) is 4. The molecule has 0 bridgehead atoms. The van der Waals surface area contributed by atoms with Crippen molar-refractivity contribution >= 4 is 16.0 Å². The first-order chi connectivity index (χ1) is 9.62. The minimum absolute atomic E-state index is 0.0100. The van der Waals surface area contributed by atoms with Gasteiger partial charge in [-0.3, -0.25) is 4.79 Å². The van der Waals surface area contributed by atoms with Gasteiger partial charge in [-0.15, -0.1) is 0 Å². The van der Waals surface area contributed by atoms with E-state index in [0.717, 1.165) is 0 Å². The van der Waals surface area contributed by atoms with Crippen molar-refractivity contribution in [2.45, 2.75) is 32.1 Å². The Morgan fingerprint density at radius 3 is 2.48 bits per heavy atom. The molecule has 6 heteroatoms. The van der Waals surface area contributed by atoms with Gasteiger partial charge in [0, 0.05) is 12.0 Å². The van der Waals surface area contributed by atoms with Gasteiger partial charge in [-0.2, -0.15) is 0 Å². The number of hydrogen-bond donors (Lipinski definition) is 1. The molecule has 114 valence electrons. The number of rotatable bonds is 3. The molecular formula is C15H19NO4S. The Balaban J connectivity index is 2.68. The first kappa shape index (κ1) is 17.2. The first-order valence-electron chi connectivity index (χ1n) is 6.40. The van der Waals surface area contributed by atoms with E-state index < -0.39 is 15.4 Å². The van der Waals surface area contributed by atoms with Gasteiger partial charge in [0.15, 0.2) is 0 Å². The molecule has 0 saturated carbocycles. The molecule has 21 heavy (non-hydrogen) atoms. The van der Waals surface area contributed by atoms with Gasteiger partial charge in [-0.1, -0.05) is 24.0 Å². The highest BCUT2D eigenvalue weighted by Crippen LogP contribution is 2.15. The third-order valence-corrected chi connectivity index (χ3v) is 3.46. The van der Waals surface area contributed by atoms with Crippen LogP contribution in [0.4, 0.5) is 0 Å². The molecule has 0 aliphatic rings. The molecule has 0 spiro atoms. The molecule has 2 N–H and O–H groups in total. The van der Waals surface area contributed by atoms with Gasteiger partial charge in [0.1, 0.15) is 6.61 Å². The highest BCUT2D eigenvalue weighted by molar-refractivity contribution is 7.89. The van der Waals surface area contributed by atoms with Crippen LogP contribution in [-0.2, 0) is 19.6 Å². The van der Waals surface area contributed by atoms with Crippen LogP contribution in [0, 0.1) is 17.3 Å². The lowest BCUT2D eigenvalue weighted by Gasteiger charge is -2.15. The normalized spacial score (nSPS) is 11.4. The van der Waals surface area contributed by atoms with Crippen LogP contribution in [0.5, 0.6) is 0 Å². The van der Waals surface area contributed by atoms with E-state index in [2.05, 4.69) is 11.8 Å². The quantitative estimate of drug-likeness (QED) is 0.523. The second-order valence-corrected chi connectivity index (χ2v) is 7.01. The predicted octanol–water partition coefficient (Wildman–Crippen LogP) is 1.66. The predicted molar refractivity (Wildman–Crippen MR) is 79.7 cm³/mol. The topological polar surface area (TPSA) is 86.5 Å². The fourth-order valence-electron chi connectivity index (χ4n) is 1.39. The largest absolute Gasteiger partial charge is 0.464 e. The van der Waals surface area contributed by atoms with Crippen molar-refractivity contribution in [3.05, 3.63) is 29.8 Å². The van der Waals surface area contributed by atoms with Gasteiger partial charge in [0.25, 0.3) is 0 Å². The fraction of sp³-hybridized carbons (Fsp3) is 0.400. The monoisotopic (exact) mass is 309 g/mol. The second-order valence-electron chi connectivity index (χ2n) is 5.48. The number of nitrogens with two attached hydrogens (primary N) is 1. The van der Waals surface area contributed by atoms with Crippen molar-refractivity contribution in [2.75, 3.05) is 6.61 Å². The number of primary sulfonamides is 1. The Morgan fingerprint density at radius 1 is 1.29 bits per heavy atom. The number of carbonyl (C=O) groups is 1. The van der Waals surface area contributed by atoms with Crippen molar-refractivity contribution in [1.29, 1.82) is 0 Å². The average molecular weight is 309 g/mol. The van der Waals surface area contributed by atoms with Crippen molar-refractivity contribution in [3.63, 3.8) is 0 Å². The van der Waals surface area contributed by atoms with Gasteiger partial charge in [-0.05, 0) is 32.9 Å². The Kier molecular flexibility index (Phi) is 5.53. The third kappa shape index (κ3) is 5.58. The van der Waals surface area contributed by atoms with Crippen LogP contribution in [0.25, 0.3) is 0 Å². The van der Waals surface area contributed by atoms with Crippen LogP contribution in [0.3, 0.4) is 0 Å². The molecule has 0 amide bonds. The zero-order chi connectivity index (χ0) is 16.1. The number of carbonyl (C=O) groups excluding carboxylic acids is 1. The standard InChI is InChI=1S/C15H19NO4S/c1-15(2,3)14(17)20-11-7-6-9-12-8-4-5-10-13(12)21(16,18)19/h4-5,8,10H,7,11H2,1-3H3,(H2,16,18,19). The Hall–Kier alpha value is -1.84. The van der Waals surface area contributed by atoms with Crippen molar-refractivity contribution < 1.29 is 17.9 Å². The average Bonchev–Trinajstić information content (AvgIpc) is 2.36. The van der Waals surface area contributed by atoms with E-state index in [1.54, 1.807) is 39.0 Å². The maximum absolute atomic E-state index is 11.5. The Bertz CT molecular complexity index is 676. The molecule has 1 rings (SSSR count). The van der Waals surface area contributed by atoms with Crippen LogP contribution in [-0.4, -0.2) is 21.0 Å². The maximum Gasteiger partial charge on any atom is 0.311 e. The molecule has 1 aromatic rings. The summed E-state index contributed by atoms with van der Waals surface area (Å²) in [6.07, 6.45) is 0.320. The van der Waals surface area contributed by atoms with Gasteiger partial charge >= 0.3 is 5.97 Å². The summed E-state index contributed by atoms with van der Waals surface area (Å²) in [6, 6.07) is 6.24. The molecule has 0 saturated heterocycles. The molecule has 0 aromatic heterocycles. The maximum atomic E-state index is 11.5. The minimum Gasteiger partial charge on any atom is -0.464 e. The first-order valence-corrected chi connectivity index (χ1v) is 7.95. The molecular weight excluding hydrogens is 290 g/mol. The van der Waals surface area contributed by atoms with E-state index in [1.165, 1.54) is 6.07 Å². The molecule has 0 aliphatic carbocycles. The van der Waals surface area contributed by atoms with E-state index in [4.69, 9.17) is 9.88 Å². The molecule has 5 nitrogen and oxygen atoms in total. The number of esters is 1. The van der Waals surface area contributed by atoms with E-state index in [9.17, 15) is 13.2 Å². The van der Waals surface area contributed by atoms with Gasteiger partial charge in [0.05, 0.1) is 10.3 Å². The third-order valence-electron chi connectivity index (χ3n) is 2.49. The summed E-state index contributed by atoms with van der Waals surface area (Å²) in [5.74, 6) is 5.21. The molecule has 1 aromatic carbocycles. The summed E-state index contributed by atoms with van der Waals surface area (Å²) in [4.78, 5) is 11.5. The molecule has 0 aliphatic heterocycles. The molecule has 0 unspecified atom stereocenters. The van der Waals surface area contributed by atoms with Crippen molar-refractivity contribution in [2.24, 2.45) is 10.6 Å². The smallest absolute Gasteiger partial charge is 0.311 e. The Labute approximate surface area is 125 Å². The van der Waals surface area contributed by atoms with E-state index in [0.29, 0.717) is 12.0 Å². The van der Waals surface area contributed by atoms with E-state index >= 15 is 0 Å². The van der Waals surface area contributed by atoms with Crippen LogP contribution in [0.15, 0.2) is 29.2 Å². The fourth-order valence-corrected chi connectivity index (χ4v) is 2.08. The van der Waals surface area contributed by atoms with Crippen molar-refractivity contribution in [1.82, 2.24) is 0 Å². The van der Waals surface area contributed by atoms with E-state index in [-0.39, 0.29) is 17.5 Å². The highest BCUT2D eigenvalue weighted by Gasteiger charge is 2.22. The lowest BCUT2D eigenvalue weighted by atomic mass is 9.97. The summed E-state index contributed by atoms with van der Waals surface area (Å²) in [6.45, 7) is 5.47. The summed E-state index contributed by atoms with van der Waals surface area (Å²) in [5, 5.41) is 5.11. The number of benzene rings is 1. The second kappa shape index (κ2) is 6.74. The minimum atomic E-state index is -3.80. The van der Waals surface area contributed by atoms with E-state index in [1.807, 2.05) is 0 Å². The molecule has 0 fully saturated rings.